The Bertz CT molecular complexity index is 954. The monoisotopic (exact) mass is 427 g/mol. The van der Waals surface area contributed by atoms with Crippen LogP contribution in [0, 0.1) is 13.8 Å². The Morgan fingerprint density at radius 1 is 0.900 bits per heavy atom. The molecule has 1 aliphatic carbocycles. The van der Waals surface area contributed by atoms with E-state index in [9.17, 15) is 8.42 Å². The molecular formula is C24H33N3O2S. The van der Waals surface area contributed by atoms with Gasteiger partial charge >= 0.3 is 0 Å². The molecule has 0 bridgehead atoms. The van der Waals surface area contributed by atoms with Crippen molar-refractivity contribution in [2.45, 2.75) is 56.5 Å². The van der Waals surface area contributed by atoms with Gasteiger partial charge in [-0.25, -0.2) is 13.1 Å². The van der Waals surface area contributed by atoms with Crippen molar-refractivity contribution in [3.63, 3.8) is 0 Å². The molecule has 2 aromatic rings. The number of nitrogens with zero attached hydrogens (tertiary/aromatic N) is 2. The van der Waals surface area contributed by atoms with Crippen LogP contribution in [0.15, 0.2) is 53.4 Å². The smallest absolute Gasteiger partial charge is 0.240 e. The number of rotatable bonds is 5. The minimum absolute atomic E-state index is 0.0174. The van der Waals surface area contributed by atoms with E-state index in [1.807, 2.05) is 6.07 Å². The van der Waals surface area contributed by atoms with Gasteiger partial charge in [-0.3, -0.25) is 4.90 Å². The first kappa shape index (κ1) is 21.3. The molecular weight excluding hydrogens is 394 g/mol. The zero-order valence-corrected chi connectivity index (χ0v) is 18.9. The lowest BCUT2D eigenvalue weighted by atomic mass is 9.89. The fourth-order valence-electron chi connectivity index (χ4n) is 4.91. The summed E-state index contributed by atoms with van der Waals surface area (Å²) in [5.41, 5.74) is 3.94. The largest absolute Gasteiger partial charge is 0.369 e. The quantitative estimate of drug-likeness (QED) is 0.790. The van der Waals surface area contributed by atoms with E-state index in [-0.39, 0.29) is 12.1 Å². The van der Waals surface area contributed by atoms with Gasteiger partial charge in [-0.1, -0.05) is 43.2 Å². The molecule has 5 nitrogen and oxygen atoms in total. The van der Waals surface area contributed by atoms with E-state index < -0.39 is 10.0 Å². The van der Waals surface area contributed by atoms with Crippen LogP contribution >= 0.6 is 0 Å². The zero-order valence-electron chi connectivity index (χ0n) is 18.0. The minimum atomic E-state index is -3.48. The van der Waals surface area contributed by atoms with Crippen LogP contribution in [0.1, 0.15) is 36.8 Å². The van der Waals surface area contributed by atoms with Crippen LogP contribution in [-0.2, 0) is 10.0 Å². The van der Waals surface area contributed by atoms with Gasteiger partial charge in [-0.15, -0.1) is 0 Å². The first-order chi connectivity index (χ1) is 14.4. The molecule has 2 fully saturated rings. The van der Waals surface area contributed by atoms with Gasteiger partial charge in [0.1, 0.15) is 0 Å². The molecule has 0 unspecified atom stereocenters. The van der Waals surface area contributed by atoms with E-state index in [0.717, 1.165) is 45.4 Å². The van der Waals surface area contributed by atoms with Crippen LogP contribution in [-0.4, -0.2) is 51.6 Å². The van der Waals surface area contributed by atoms with Gasteiger partial charge in [-0.05, 0) is 56.0 Å². The van der Waals surface area contributed by atoms with Crippen molar-refractivity contribution in [2.24, 2.45) is 0 Å². The maximum absolute atomic E-state index is 12.9. The first-order valence-electron chi connectivity index (χ1n) is 11.1. The maximum atomic E-state index is 12.9. The molecule has 1 saturated carbocycles. The first-order valence-corrected chi connectivity index (χ1v) is 12.6. The number of anilines is 1. The average Bonchev–Trinajstić information content (AvgIpc) is 2.76. The number of sulfonamides is 1. The predicted octanol–water partition coefficient (Wildman–Crippen LogP) is 3.72. The summed E-state index contributed by atoms with van der Waals surface area (Å²) in [5, 5.41) is 0. The molecule has 1 aliphatic heterocycles. The van der Waals surface area contributed by atoms with Crippen molar-refractivity contribution < 1.29 is 8.42 Å². The number of benzene rings is 2. The van der Waals surface area contributed by atoms with Gasteiger partial charge in [-0.2, -0.15) is 0 Å². The lowest BCUT2D eigenvalue weighted by molar-refractivity contribution is 0.124. The normalized spacial score (nSPS) is 23.5. The van der Waals surface area contributed by atoms with Crippen LogP contribution < -0.4 is 9.62 Å². The van der Waals surface area contributed by atoms with Crippen molar-refractivity contribution in [3.8, 4) is 0 Å². The standard InChI is InChI=1S/C24H33N3O2S/c1-19-12-13-20(2)24(18-19)27-16-14-26(15-17-27)23-11-7-6-10-22(23)25-30(28,29)21-8-4-3-5-9-21/h3-5,8-9,12-13,18,22-23,25H,6-7,10-11,14-17H2,1-2H3/t22-,23+/m0/s1. The van der Waals surface area contributed by atoms with Crippen molar-refractivity contribution in [1.29, 1.82) is 0 Å². The van der Waals surface area contributed by atoms with Crippen LogP contribution in [0.5, 0.6) is 0 Å². The van der Waals surface area contributed by atoms with Crippen molar-refractivity contribution in [2.75, 3.05) is 31.1 Å². The van der Waals surface area contributed by atoms with Gasteiger partial charge in [0.15, 0.2) is 0 Å². The molecule has 162 valence electrons. The summed E-state index contributed by atoms with van der Waals surface area (Å²) >= 11 is 0. The highest BCUT2D eigenvalue weighted by Gasteiger charge is 2.34. The summed E-state index contributed by atoms with van der Waals surface area (Å²) < 4.78 is 28.8. The lowest BCUT2D eigenvalue weighted by Crippen LogP contribution is -2.58. The van der Waals surface area contributed by atoms with Gasteiger partial charge in [0.2, 0.25) is 10.0 Å². The second-order valence-corrected chi connectivity index (χ2v) is 10.4. The third kappa shape index (κ3) is 4.71. The Labute approximate surface area is 181 Å². The third-order valence-electron chi connectivity index (χ3n) is 6.58. The van der Waals surface area contributed by atoms with Gasteiger partial charge in [0.25, 0.3) is 0 Å². The van der Waals surface area contributed by atoms with Crippen LogP contribution in [0.3, 0.4) is 0 Å². The Morgan fingerprint density at radius 3 is 2.33 bits per heavy atom. The molecule has 0 aromatic heterocycles. The van der Waals surface area contributed by atoms with Crippen molar-refractivity contribution in [1.82, 2.24) is 9.62 Å². The van der Waals surface area contributed by atoms with Crippen molar-refractivity contribution in [3.05, 3.63) is 59.7 Å². The molecule has 4 rings (SSSR count). The van der Waals surface area contributed by atoms with Crippen LogP contribution in [0.2, 0.25) is 0 Å². The Balaban J connectivity index is 1.43. The summed E-state index contributed by atoms with van der Waals surface area (Å²) in [7, 11) is -3.48. The van der Waals surface area contributed by atoms with E-state index in [1.54, 1.807) is 24.3 Å². The average molecular weight is 428 g/mol. The second-order valence-electron chi connectivity index (χ2n) is 8.71. The van der Waals surface area contributed by atoms with E-state index in [1.165, 1.54) is 23.2 Å². The molecule has 2 aliphatic rings. The number of hydrogen-bond donors (Lipinski definition) is 1. The summed E-state index contributed by atoms with van der Waals surface area (Å²) in [6, 6.07) is 15.6. The molecule has 1 N–H and O–H groups in total. The SMILES string of the molecule is Cc1ccc(C)c(N2CCN([C@@H]3CCCC[C@@H]3NS(=O)(=O)c3ccccc3)CC2)c1. The number of aryl methyl sites for hydroxylation is 2. The highest BCUT2D eigenvalue weighted by molar-refractivity contribution is 7.89. The molecule has 1 heterocycles. The molecule has 1 saturated heterocycles. The van der Waals surface area contributed by atoms with E-state index in [0.29, 0.717) is 4.90 Å². The van der Waals surface area contributed by atoms with Crippen LogP contribution in [0.4, 0.5) is 5.69 Å². The highest BCUT2D eigenvalue weighted by atomic mass is 32.2. The zero-order chi connectivity index (χ0) is 21.1. The summed E-state index contributed by atoms with van der Waals surface area (Å²) in [5.74, 6) is 0. The summed E-state index contributed by atoms with van der Waals surface area (Å²) in [6.07, 6.45) is 4.23. The molecule has 0 radical (unpaired) electrons. The number of hydrogen-bond acceptors (Lipinski definition) is 4. The van der Waals surface area contributed by atoms with Gasteiger partial charge < -0.3 is 4.90 Å². The summed E-state index contributed by atoms with van der Waals surface area (Å²) in [4.78, 5) is 5.35. The molecule has 30 heavy (non-hydrogen) atoms. The van der Waals surface area contributed by atoms with Gasteiger partial charge in [0.05, 0.1) is 4.90 Å². The third-order valence-corrected chi connectivity index (χ3v) is 8.08. The highest BCUT2D eigenvalue weighted by Crippen LogP contribution is 2.28. The number of nitrogens with one attached hydrogen (secondary N) is 1. The Morgan fingerprint density at radius 2 is 1.60 bits per heavy atom. The molecule has 2 aromatic carbocycles. The van der Waals surface area contributed by atoms with Crippen LogP contribution in [0.25, 0.3) is 0 Å². The molecule has 2 atom stereocenters. The van der Waals surface area contributed by atoms with E-state index in [2.05, 4.69) is 46.6 Å². The number of piperazine rings is 1. The van der Waals surface area contributed by atoms with E-state index >= 15 is 0 Å². The maximum Gasteiger partial charge on any atom is 0.240 e. The lowest BCUT2D eigenvalue weighted by Gasteiger charge is -2.45. The molecule has 0 amide bonds. The van der Waals surface area contributed by atoms with E-state index in [4.69, 9.17) is 0 Å². The fraction of sp³-hybridized carbons (Fsp3) is 0.500. The molecule has 0 spiro atoms. The van der Waals surface area contributed by atoms with Gasteiger partial charge in [0, 0.05) is 44.0 Å². The molecule has 6 heteroatoms. The second kappa shape index (κ2) is 9.08. The summed E-state index contributed by atoms with van der Waals surface area (Å²) in [6.45, 7) is 8.24. The topological polar surface area (TPSA) is 52.6 Å². The fourth-order valence-corrected chi connectivity index (χ4v) is 6.23. The Kier molecular flexibility index (Phi) is 6.46. The minimum Gasteiger partial charge on any atom is -0.369 e. The Hall–Kier alpha value is -1.89. The van der Waals surface area contributed by atoms with Crippen molar-refractivity contribution >= 4 is 15.7 Å². The predicted molar refractivity (Wildman–Crippen MR) is 123 cm³/mol.